The first kappa shape index (κ1) is 11.5. The van der Waals surface area contributed by atoms with Crippen molar-refractivity contribution in [1.82, 2.24) is 0 Å². The van der Waals surface area contributed by atoms with Gasteiger partial charge in [0, 0.05) is 0 Å². The van der Waals surface area contributed by atoms with Crippen molar-refractivity contribution in [1.29, 1.82) is 0 Å². The van der Waals surface area contributed by atoms with Crippen molar-refractivity contribution in [3.05, 3.63) is 41.0 Å². The van der Waals surface area contributed by atoms with Crippen molar-refractivity contribution in [2.24, 2.45) is 0 Å². The number of hydrogen-bond acceptors (Lipinski definition) is 2. The van der Waals surface area contributed by atoms with Gasteiger partial charge in [-0.3, -0.25) is 4.79 Å². The molecule has 0 amide bonds. The Kier molecular flexibility index (Phi) is 4.10. The summed E-state index contributed by atoms with van der Waals surface area (Å²) < 4.78 is 4.55. The molecule has 0 unspecified atom stereocenters. The van der Waals surface area contributed by atoms with Crippen molar-refractivity contribution >= 4 is 12.0 Å². The van der Waals surface area contributed by atoms with Gasteiger partial charge in [0.25, 0.3) is 0 Å². The Morgan fingerprint density at radius 1 is 1.40 bits per heavy atom. The maximum absolute atomic E-state index is 10.9. The fourth-order valence-corrected chi connectivity index (χ4v) is 1.38. The lowest BCUT2D eigenvalue weighted by atomic mass is 10.1. The van der Waals surface area contributed by atoms with Crippen LogP contribution in [-0.4, -0.2) is 13.1 Å². The highest BCUT2D eigenvalue weighted by molar-refractivity contribution is 5.72. The third kappa shape index (κ3) is 3.58. The van der Waals surface area contributed by atoms with Crippen LogP contribution in [0.15, 0.2) is 24.3 Å². The van der Waals surface area contributed by atoms with Crippen LogP contribution in [0.2, 0.25) is 0 Å². The minimum absolute atomic E-state index is 0.212. The largest absolute Gasteiger partial charge is 0.469 e. The molecule has 0 atom stereocenters. The third-order valence-electron chi connectivity index (χ3n) is 2.23. The van der Waals surface area contributed by atoms with E-state index < -0.39 is 0 Å². The fourth-order valence-electron chi connectivity index (χ4n) is 1.38. The Hall–Kier alpha value is -1.57. The summed E-state index contributed by atoms with van der Waals surface area (Å²) in [7, 11) is 1.40. The molecular weight excluding hydrogens is 188 g/mol. The molecule has 1 aromatic carbocycles. The number of carbonyl (C=O) groups excluding carboxylic acids is 1. The van der Waals surface area contributed by atoms with Crippen LogP contribution < -0.4 is 0 Å². The summed E-state index contributed by atoms with van der Waals surface area (Å²) in [5, 5.41) is 0. The van der Waals surface area contributed by atoms with Gasteiger partial charge in [0.15, 0.2) is 0 Å². The van der Waals surface area contributed by atoms with E-state index in [0.717, 1.165) is 5.56 Å². The lowest BCUT2D eigenvalue weighted by Gasteiger charge is -2.01. The molecule has 15 heavy (non-hydrogen) atoms. The van der Waals surface area contributed by atoms with Gasteiger partial charge in [0.05, 0.1) is 13.5 Å². The predicted octanol–water partition coefficient (Wildman–Crippen LogP) is 2.88. The molecule has 0 saturated heterocycles. The first-order valence-corrected chi connectivity index (χ1v) is 4.94. The number of ether oxygens (including phenoxy) is 1. The van der Waals surface area contributed by atoms with Crippen LogP contribution >= 0.6 is 0 Å². The summed E-state index contributed by atoms with van der Waals surface area (Å²) in [5.74, 6) is -0.212. The second kappa shape index (κ2) is 5.35. The quantitative estimate of drug-likeness (QED) is 0.708. The molecule has 0 aromatic heterocycles. The Morgan fingerprint density at radius 2 is 2.13 bits per heavy atom. The highest BCUT2D eigenvalue weighted by atomic mass is 16.5. The van der Waals surface area contributed by atoms with Crippen molar-refractivity contribution in [3.8, 4) is 0 Å². The highest BCUT2D eigenvalue weighted by Crippen LogP contribution is 2.12. The fraction of sp³-hybridized carbons (Fsp3) is 0.308. The van der Waals surface area contributed by atoms with Crippen molar-refractivity contribution in [2.45, 2.75) is 20.3 Å². The number of rotatable bonds is 3. The zero-order valence-electron chi connectivity index (χ0n) is 9.41. The third-order valence-corrected chi connectivity index (χ3v) is 2.23. The van der Waals surface area contributed by atoms with Crippen molar-refractivity contribution in [2.75, 3.05) is 7.11 Å². The Bertz CT molecular complexity index is 378. The van der Waals surface area contributed by atoms with Crippen LogP contribution in [0.25, 0.3) is 6.08 Å². The van der Waals surface area contributed by atoms with Gasteiger partial charge >= 0.3 is 5.97 Å². The molecular formula is C13H16O2. The van der Waals surface area contributed by atoms with Crippen LogP contribution in [0.3, 0.4) is 0 Å². The van der Waals surface area contributed by atoms with E-state index in [4.69, 9.17) is 0 Å². The normalized spacial score (nSPS) is 10.6. The SMILES string of the molecule is COC(=O)CC=Cc1ccc(C)cc1C. The summed E-state index contributed by atoms with van der Waals surface area (Å²) in [6.45, 7) is 4.12. The van der Waals surface area contributed by atoms with E-state index in [0.29, 0.717) is 6.42 Å². The Balaban J connectivity index is 2.68. The second-order valence-corrected chi connectivity index (χ2v) is 3.54. The first-order valence-electron chi connectivity index (χ1n) is 4.94. The lowest BCUT2D eigenvalue weighted by molar-refractivity contribution is -0.139. The van der Waals surface area contributed by atoms with Gasteiger partial charge in [-0.05, 0) is 25.0 Å². The van der Waals surface area contributed by atoms with E-state index in [1.54, 1.807) is 0 Å². The van der Waals surface area contributed by atoms with Gasteiger partial charge in [-0.15, -0.1) is 0 Å². The summed E-state index contributed by atoms with van der Waals surface area (Å²) in [6, 6.07) is 6.24. The standard InChI is InChI=1S/C13H16O2/c1-10-7-8-12(11(2)9-10)5-4-6-13(14)15-3/h4-5,7-9H,6H2,1-3H3. The molecule has 0 fully saturated rings. The number of esters is 1. The zero-order chi connectivity index (χ0) is 11.3. The molecule has 1 aromatic rings. The molecule has 0 bridgehead atoms. The highest BCUT2D eigenvalue weighted by Gasteiger charge is 1.96. The van der Waals surface area contributed by atoms with E-state index in [2.05, 4.69) is 36.8 Å². The molecule has 1 rings (SSSR count). The van der Waals surface area contributed by atoms with Gasteiger partial charge in [-0.1, -0.05) is 35.9 Å². The van der Waals surface area contributed by atoms with Crippen LogP contribution in [0.5, 0.6) is 0 Å². The molecule has 0 aliphatic carbocycles. The monoisotopic (exact) mass is 204 g/mol. The number of benzene rings is 1. The summed E-state index contributed by atoms with van der Waals surface area (Å²) in [4.78, 5) is 10.9. The van der Waals surface area contributed by atoms with E-state index in [9.17, 15) is 4.79 Å². The number of carbonyl (C=O) groups is 1. The van der Waals surface area contributed by atoms with Crippen LogP contribution in [0.1, 0.15) is 23.1 Å². The van der Waals surface area contributed by atoms with E-state index in [1.807, 2.05) is 12.2 Å². The van der Waals surface area contributed by atoms with E-state index in [-0.39, 0.29) is 5.97 Å². The molecule has 80 valence electrons. The van der Waals surface area contributed by atoms with E-state index in [1.165, 1.54) is 18.2 Å². The molecule has 0 aliphatic rings. The average Bonchev–Trinajstić information content (AvgIpc) is 2.21. The van der Waals surface area contributed by atoms with Crippen LogP contribution in [0, 0.1) is 13.8 Å². The average molecular weight is 204 g/mol. The molecule has 0 radical (unpaired) electrons. The maximum atomic E-state index is 10.9. The topological polar surface area (TPSA) is 26.3 Å². The molecule has 0 heterocycles. The molecule has 0 saturated carbocycles. The zero-order valence-corrected chi connectivity index (χ0v) is 9.41. The maximum Gasteiger partial charge on any atom is 0.309 e. The summed E-state index contributed by atoms with van der Waals surface area (Å²) in [5.41, 5.74) is 3.61. The van der Waals surface area contributed by atoms with E-state index >= 15 is 0 Å². The summed E-state index contributed by atoms with van der Waals surface area (Å²) >= 11 is 0. The smallest absolute Gasteiger partial charge is 0.309 e. The van der Waals surface area contributed by atoms with Gasteiger partial charge < -0.3 is 4.74 Å². The summed E-state index contributed by atoms with van der Waals surface area (Å²) in [6.07, 6.45) is 4.10. The number of aryl methyl sites for hydroxylation is 2. The molecule has 2 nitrogen and oxygen atoms in total. The first-order chi connectivity index (χ1) is 7.13. The van der Waals surface area contributed by atoms with Gasteiger partial charge in [-0.2, -0.15) is 0 Å². The van der Waals surface area contributed by atoms with Gasteiger partial charge in [0.1, 0.15) is 0 Å². The molecule has 2 heteroatoms. The number of methoxy groups -OCH3 is 1. The molecule has 0 N–H and O–H groups in total. The van der Waals surface area contributed by atoms with Crippen molar-refractivity contribution in [3.63, 3.8) is 0 Å². The van der Waals surface area contributed by atoms with Crippen LogP contribution in [0.4, 0.5) is 0 Å². The minimum Gasteiger partial charge on any atom is -0.469 e. The predicted molar refractivity (Wildman–Crippen MR) is 61.6 cm³/mol. The number of hydrogen-bond donors (Lipinski definition) is 0. The lowest BCUT2D eigenvalue weighted by Crippen LogP contribution is -1.96. The second-order valence-electron chi connectivity index (χ2n) is 3.54. The van der Waals surface area contributed by atoms with Crippen LogP contribution in [-0.2, 0) is 9.53 Å². The Labute approximate surface area is 90.6 Å². The molecule has 0 aliphatic heterocycles. The van der Waals surface area contributed by atoms with Crippen molar-refractivity contribution < 1.29 is 9.53 Å². The van der Waals surface area contributed by atoms with Gasteiger partial charge in [-0.25, -0.2) is 0 Å². The molecule has 0 spiro atoms. The van der Waals surface area contributed by atoms with Gasteiger partial charge in [0.2, 0.25) is 0 Å². The Morgan fingerprint density at radius 3 is 2.73 bits per heavy atom. The minimum atomic E-state index is -0.212.